The van der Waals surface area contributed by atoms with Crippen molar-refractivity contribution in [3.8, 4) is 0 Å². The predicted octanol–water partition coefficient (Wildman–Crippen LogP) is 0.960. The molecular weight excluding hydrogens is 270 g/mol. The quantitative estimate of drug-likeness (QED) is 0.784. The SMILES string of the molecule is CC(C)N(C)S(=O)(=O)N1CCC(C)(C(N)=S)CC1. The molecular formula is C11H23N3O2S2. The summed E-state index contributed by atoms with van der Waals surface area (Å²) in [6.07, 6.45) is 1.38. The summed E-state index contributed by atoms with van der Waals surface area (Å²) >= 11 is 5.05. The molecule has 0 aromatic carbocycles. The molecule has 2 N–H and O–H groups in total. The summed E-state index contributed by atoms with van der Waals surface area (Å²) < 4.78 is 27.5. The smallest absolute Gasteiger partial charge is 0.281 e. The van der Waals surface area contributed by atoms with Crippen LogP contribution in [0.4, 0.5) is 0 Å². The maximum Gasteiger partial charge on any atom is 0.281 e. The van der Waals surface area contributed by atoms with E-state index in [0.717, 1.165) is 0 Å². The minimum absolute atomic E-state index is 0.0427. The maximum atomic E-state index is 12.3. The van der Waals surface area contributed by atoms with E-state index in [1.807, 2.05) is 20.8 Å². The Morgan fingerprint density at radius 3 is 2.17 bits per heavy atom. The second kappa shape index (κ2) is 5.40. The lowest BCUT2D eigenvalue weighted by Gasteiger charge is -2.39. The molecule has 18 heavy (non-hydrogen) atoms. The van der Waals surface area contributed by atoms with Gasteiger partial charge in [-0.1, -0.05) is 19.1 Å². The highest BCUT2D eigenvalue weighted by molar-refractivity contribution is 7.86. The number of hydrogen-bond donors (Lipinski definition) is 1. The molecule has 1 saturated heterocycles. The Morgan fingerprint density at radius 1 is 1.39 bits per heavy atom. The van der Waals surface area contributed by atoms with E-state index in [1.165, 1.54) is 8.61 Å². The van der Waals surface area contributed by atoms with E-state index in [-0.39, 0.29) is 11.5 Å². The zero-order valence-electron chi connectivity index (χ0n) is 11.5. The fraction of sp³-hybridized carbons (Fsp3) is 0.909. The molecule has 1 fully saturated rings. The molecule has 0 bridgehead atoms. The van der Waals surface area contributed by atoms with E-state index >= 15 is 0 Å². The summed E-state index contributed by atoms with van der Waals surface area (Å²) in [7, 11) is -1.74. The molecule has 0 atom stereocenters. The highest BCUT2D eigenvalue weighted by atomic mass is 32.2. The molecule has 0 amide bonds. The highest BCUT2D eigenvalue weighted by Crippen LogP contribution is 2.32. The molecule has 0 spiro atoms. The second-order valence-corrected chi connectivity index (χ2v) is 7.87. The van der Waals surface area contributed by atoms with E-state index in [9.17, 15) is 8.42 Å². The van der Waals surface area contributed by atoms with Crippen LogP contribution >= 0.6 is 12.2 Å². The molecule has 0 aromatic rings. The number of nitrogens with two attached hydrogens (primary N) is 1. The van der Waals surface area contributed by atoms with Gasteiger partial charge < -0.3 is 5.73 Å². The molecule has 5 nitrogen and oxygen atoms in total. The van der Waals surface area contributed by atoms with Crippen molar-refractivity contribution in [3.63, 3.8) is 0 Å². The van der Waals surface area contributed by atoms with Crippen molar-refractivity contribution in [3.05, 3.63) is 0 Å². The first-order valence-electron chi connectivity index (χ1n) is 6.14. The maximum absolute atomic E-state index is 12.3. The van der Waals surface area contributed by atoms with Crippen LogP contribution in [0, 0.1) is 5.41 Å². The minimum atomic E-state index is -3.35. The van der Waals surface area contributed by atoms with Gasteiger partial charge in [-0.05, 0) is 26.7 Å². The molecule has 7 heteroatoms. The van der Waals surface area contributed by atoms with E-state index in [0.29, 0.717) is 30.9 Å². The van der Waals surface area contributed by atoms with Gasteiger partial charge in [0.15, 0.2) is 0 Å². The van der Waals surface area contributed by atoms with Gasteiger partial charge in [-0.3, -0.25) is 0 Å². The van der Waals surface area contributed by atoms with Gasteiger partial charge >= 0.3 is 0 Å². The van der Waals surface area contributed by atoms with Crippen LogP contribution in [0.15, 0.2) is 0 Å². The van der Waals surface area contributed by atoms with Crippen molar-refractivity contribution in [2.24, 2.45) is 11.1 Å². The van der Waals surface area contributed by atoms with Crippen LogP contribution in [0.5, 0.6) is 0 Å². The standard InChI is InChI=1S/C11H23N3O2S2/c1-9(2)13(4)18(15,16)14-7-5-11(3,6-8-14)10(12)17/h9H,5-8H2,1-4H3,(H2,12,17). The first-order valence-corrected chi connectivity index (χ1v) is 7.95. The minimum Gasteiger partial charge on any atom is -0.393 e. The topological polar surface area (TPSA) is 66.6 Å². The van der Waals surface area contributed by atoms with Gasteiger partial charge in [-0.25, -0.2) is 0 Å². The van der Waals surface area contributed by atoms with Crippen molar-refractivity contribution in [1.29, 1.82) is 0 Å². The predicted molar refractivity (Wildman–Crippen MR) is 77.5 cm³/mol. The summed E-state index contributed by atoms with van der Waals surface area (Å²) in [6.45, 7) is 6.69. The largest absolute Gasteiger partial charge is 0.393 e. The highest BCUT2D eigenvalue weighted by Gasteiger charge is 2.38. The van der Waals surface area contributed by atoms with Crippen LogP contribution in [-0.2, 0) is 10.2 Å². The Hall–Kier alpha value is -0.240. The first kappa shape index (κ1) is 15.8. The lowest BCUT2D eigenvalue weighted by atomic mass is 9.81. The lowest BCUT2D eigenvalue weighted by Crippen LogP contribution is -2.51. The fourth-order valence-corrected chi connectivity index (χ4v) is 3.65. The molecule has 1 aliphatic rings. The van der Waals surface area contributed by atoms with Crippen LogP contribution in [0.3, 0.4) is 0 Å². The molecule has 1 aliphatic heterocycles. The van der Waals surface area contributed by atoms with Crippen LogP contribution in [0.2, 0.25) is 0 Å². The molecule has 0 aromatic heterocycles. The van der Waals surface area contributed by atoms with Gasteiger partial charge in [0.1, 0.15) is 0 Å². The Bertz CT molecular complexity index is 412. The summed E-state index contributed by atoms with van der Waals surface area (Å²) in [5.74, 6) is 0. The molecule has 1 heterocycles. The normalized spacial score (nSPS) is 21.4. The van der Waals surface area contributed by atoms with Gasteiger partial charge in [-0.15, -0.1) is 0 Å². The van der Waals surface area contributed by atoms with Crippen molar-refractivity contribution in [2.75, 3.05) is 20.1 Å². The third-order valence-corrected chi connectivity index (χ3v) is 6.50. The molecule has 0 radical (unpaired) electrons. The number of piperidine rings is 1. The van der Waals surface area contributed by atoms with Crippen molar-refractivity contribution >= 4 is 27.4 Å². The Kier molecular flexibility index (Phi) is 4.75. The number of nitrogens with zero attached hydrogens (tertiary/aromatic N) is 2. The van der Waals surface area contributed by atoms with Gasteiger partial charge in [-0.2, -0.15) is 17.0 Å². The van der Waals surface area contributed by atoms with Crippen molar-refractivity contribution < 1.29 is 8.42 Å². The summed E-state index contributed by atoms with van der Waals surface area (Å²) in [5.41, 5.74) is 5.51. The zero-order valence-corrected chi connectivity index (χ0v) is 13.1. The number of rotatable bonds is 4. The van der Waals surface area contributed by atoms with E-state index in [1.54, 1.807) is 7.05 Å². The fourth-order valence-electron chi connectivity index (χ4n) is 1.91. The summed E-state index contributed by atoms with van der Waals surface area (Å²) in [4.78, 5) is 0.483. The Balaban J connectivity index is 2.77. The van der Waals surface area contributed by atoms with Crippen LogP contribution in [0.25, 0.3) is 0 Å². The molecule has 0 unspecified atom stereocenters. The summed E-state index contributed by atoms with van der Waals surface area (Å²) in [6, 6.07) is -0.0427. The first-order chi connectivity index (χ1) is 8.11. The average Bonchev–Trinajstić information content (AvgIpc) is 2.28. The van der Waals surface area contributed by atoms with Crippen LogP contribution in [-0.4, -0.2) is 48.2 Å². The number of hydrogen-bond acceptors (Lipinski definition) is 3. The Labute approximate surface area is 115 Å². The van der Waals surface area contributed by atoms with Gasteiger partial charge in [0.05, 0.1) is 4.99 Å². The second-order valence-electron chi connectivity index (χ2n) is 5.44. The van der Waals surface area contributed by atoms with E-state index in [4.69, 9.17) is 18.0 Å². The number of thiocarbonyl (C=S) groups is 1. The zero-order chi connectivity index (χ0) is 14.1. The molecule has 0 aliphatic carbocycles. The summed E-state index contributed by atoms with van der Waals surface area (Å²) in [5, 5.41) is 0. The van der Waals surface area contributed by atoms with E-state index < -0.39 is 10.2 Å². The van der Waals surface area contributed by atoms with Crippen molar-refractivity contribution in [2.45, 2.75) is 39.7 Å². The van der Waals surface area contributed by atoms with Gasteiger partial charge in [0.2, 0.25) is 0 Å². The third kappa shape index (κ3) is 3.01. The van der Waals surface area contributed by atoms with Gasteiger partial charge in [0.25, 0.3) is 10.2 Å². The van der Waals surface area contributed by atoms with Crippen LogP contribution in [0.1, 0.15) is 33.6 Å². The Morgan fingerprint density at radius 2 is 1.83 bits per heavy atom. The average molecular weight is 293 g/mol. The third-order valence-electron chi connectivity index (χ3n) is 3.84. The van der Waals surface area contributed by atoms with Crippen LogP contribution < -0.4 is 5.73 Å². The van der Waals surface area contributed by atoms with Gasteiger partial charge in [0, 0.05) is 31.6 Å². The van der Waals surface area contributed by atoms with E-state index in [2.05, 4.69) is 0 Å². The monoisotopic (exact) mass is 293 g/mol. The molecule has 0 saturated carbocycles. The van der Waals surface area contributed by atoms with Crippen molar-refractivity contribution in [1.82, 2.24) is 8.61 Å². The lowest BCUT2D eigenvalue weighted by molar-refractivity contribution is 0.228. The molecule has 1 rings (SSSR count). The molecule has 106 valence electrons.